The number of nitrogens with one attached hydrogen (secondary N) is 1. The zero-order valence-corrected chi connectivity index (χ0v) is 15.6. The van der Waals surface area contributed by atoms with Crippen molar-refractivity contribution >= 4 is 16.7 Å². The lowest BCUT2D eigenvalue weighted by atomic mass is 10.0. The van der Waals surface area contributed by atoms with Gasteiger partial charge in [-0.15, -0.1) is 0 Å². The Kier molecular flexibility index (Phi) is 5.12. The van der Waals surface area contributed by atoms with Crippen molar-refractivity contribution in [2.45, 2.75) is 19.4 Å². The average molecular weight is 360 g/mol. The Labute approximate surface area is 159 Å². The van der Waals surface area contributed by atoms with Crippen LogP contribution in [0.1, 0.15) is 18.4 Å². The monoisotopic (exact) mass is 360 g/mol. The van der Waals surface area contributed by atoms with E-state index < -0.39 is 0 Å². The van der Waals surface area contributed by atoms with Crippen LogP contribution in [-0.2, 0) is 11.3 Å². The molecule has 1 amide bonds. The molecule has 1 N–H and O–H groups in total. The highest BCUT2D eigenvalue weighted by molar-refractivity contribution is 5.94. The summed E-state index contributed by atoms with van der Waals surface area (Å²) in [5.41, 5.74) is 2.17. The molecular weight excluding hydrogens is 336 g/mol. The van der Waals surface area contributed by atoms with Gasteiger partial charge in [0, 0.05) is 50.1 Å². The molecule has 1 aliphatic rings. The number of aromatic nitrogens is 2. The predicted octanol–water partition coefficient (Wildman–Crippen LogP) is 3.25. The molecule has 1 aromatic heterocycles. The zero-order chi connectivity index (χ0) is 18.6. The third-order valence-electron chi connectivity index (χ3n) is 5.26. The van der Waals surface area contributed by atoms with Gasteiger partial charge in [0.15, 0.2) is 5.82 Å². The molecule has 1 aliphatic heterocycles. The minimum Gasteiger partial charge on any atom is -0.359 e. The second-order valence-electron chi connectivity index (χ2n) is 7.21. The first-order chi connectivity index (χ1) is 13.2. The lowest BCUT2D eigenvalue weighted by molar-refractivity contribution is -0.121. The van der Waals surface area contributed by atoms with Crippen molar-refractivity contribution in [3.8, 4) is 11.4 Å². The van der Waals surface area contributed by atoms with Crippen molar-refractivity contribution in [2.75, 3.05) is 20.1 Å². The van der Waals surface area contributed by atoms with Gasteiger partial charge in [-0.3, -0.25) is 9.69 Å². The van der Waals surface area contributed by atoms with Crippen LogP contribution in [0.3, 0.4) is 0 Å². The number of carbonyl (C=O) groups is 1. The number of benzene rings is 2. The molecule has 0 radical (unpaired) electrons. The predicted molar refractivity (Wildman–Crippen MR) is 107 cm³/mol. The molecule has 5 nitrogen and oxygen atoms in total. The fraction of sp³-hybridized carbons (Fsp3) is 0.318. The summed E-state index contributed by atoms with van der Waals surface area (Å²) in [7, 11) is 1.70. The molecule has 5 heteroatoms. The van der Waals surface area contributed by atoms with E-state index in [0.29, 0.717) is 12.3 Å². The van der Waals surface area contributed by atoms with Crippen molar-refractivity contribution in [1.82, 2.24) is 20.2 Å². The highest BCUT2D eigenvalue weighted by Gasteiger charge is 2.24. The molecule has 1 atom stereocenters. The molecule has 138 valence electrons. The van der Waals surface area contributed by atoms with Crippen molar-refractivity contribution in [1.29, 1.82) is 0 Å². The number of nitrogens with zero attached hydrogens (tertiary/aromatic N) is 3. The minimum atomic E-state index is 0.129. The number of amides is 1. The number of hydrogen-bond donors (Lipinski definition) is 1. The summed E-state index contributed by atoms with van der Waals surface area (Å²) >= 11 is 0. The van der Waals surface area contributed by atoms with E-state index in [9.17, 15) is 4.79 Å². The largest absolute Gasteiger partial charge is 0.359 e. The summed E-state index contributed by atoms with van der Waals surface area (Å²) in [6, 6.07) is 14.5. The van der Waals surface area contributed by atoms with Crippen LogP contribution in [0.25, 0.3) is 22.2 Å². The first kappa shape index (κ1) is 17.6. The van der Waals surface area contributed by atoms with E-state index in [0.717, 1.165) is 43.0 Å². The molecule has 1 saturated heterocycles. The summed E-state index contributed by atoms with van der Waals surface area (Å²) < 4.78 is 0. The molecule has 0 bridgehead atoms. The molecule has 0 saturated carbocycles. The number of rotatable bonds is 5. The van der Waals surface area contributed by atoms with Crippen LogP contribution >= 0.6 is 0 Å². The van der Waals surface area contributed by atoms with Gasteiger partial charge in [0.1, 0.15) is 0 Å². The van der Waals surface area contributed by atoms with Crippen LogP contribution in [0, 0.1) is 5.92 Å². The number of hydrogen-bond acceptors (Lipinski definition) is 4. The van der Waals surface area contributed by atoms with Crippen LogP contribution in [0.4, 0.5) is 0 Å². The average Bonchev–Trinajstić information content (AvgIpc) is 3.14. The van der Waals surface area contributed by atoms with E-state index in [1.165, 1.54) is 10.8 Å². The standard InChI is InChI=1S/C22H24N4O/c1-23-21(27)11-16-9-10-26(14-16)15-17-12-24-22(25-13-17)20-8-4-6-18-5-2-3-7-19(18)20/h2-8,12-13,16H,9-11,14-15H2,1H3,(H,23,27). The molecule has 2 heterocycles. The lowest BCUT2D eigenvalue weighted by Gasteiger charge is -2.15. The molecule has 0 aliphatic carbocycles. The SMILES string of the molecule is CNC(=O)CC1CCN(Cc2cnc(-c3cccc4ccccc34)nc2)C1. The van der Waals surface area contributed by atoms with Crippen LogP contribution in [0.15, 0.2) is 54.9 Å². The highest BCUT2D eigenvalue weighted by atomic mass is 16.1. The second-order valence-corrected chi connectivity index (χ2v) is 7.21. The van der Waals surface area contributed by atoms with Crippen LogP contribution in [-0.4, -0.2) is 40.9 Å². The third-order valence-corrected chi connectivity index (χ3v) is 5.26. The van der Waals surface area contributed by atoms with Crippen molar-refractivity contribution in [2.24, 2.45) is 5.92 Å². The smallest absolute Gasteiger partial charge is 0.220 e. The third kappa shape index (κ3) is 3.98. The van der Waals surface area contributed by atoms with Gasteiger partial charge in [0.05, 0.1) is 0 Å². The topological polar surface area (TPSA) is 58.1 Å². The van der Waals surface area contributed by atoms with Gasteiger partial charge in [-0.1, -0.05) is 42.5 Å². The van der Waals surface area contributed by atoms with Gasteiger partial charge in [-0.05, 0) is 29.7 Å². The van der Waals surface area contributed by atoms with E-state index >= 15 is 0 Å². The Bertz CT molecular complexity index is 933. The molecule has 2 aromatic carbocycles. The fourth-order valence-electron chi connectivity index (χ4n) is 3.84. The molecule has 1 fully saturated rings. The molecule has 4 rings (SSSR count). The normalized spacial score (nSPS) is 17.3. The van der Waals surface area contributed by atoms with E-state index in [1.807, 2.05) is 30.6 Å². The van der Waals surface area contributed by atoms with E-state index in [1.54, 1.807) is 7.05 Å². The summed E-state index contributed by atoms with van der Waals surface area (Å²) in [5.74, 6) is 1.33. The van der Waals surface area contributed by atoms with Crippen molar-refractivity contribution in [3.05, 3.63) is 60.4 Å². The highest BCUT2D eigenvalue weighted by Crippen LogP contribution is 2.26. The molecular formula is C22H24N4O. The van der Waals surface area contributed by atoms with Gasteiger partial charge in [-0.2, -0.15) is 0 Å². The maximum atomic E-state index is 11.5. The number of carbonyl (C=O) groups excluding carboxylic acids is 1. The van der Waals surface area contributed by atoms with E-state index in [4.69, 9.17) is 0 Å². The zero-order valence-electron chi connectivity index (χ0n) is 15.6. The first-order valence-electron chi connectivity index (χ1n) is 9.45. The Hall–Kier alpha value is -2.79. The van der Waals surface area contributed by atoms with Gasteiger partial charge in [0.25, 0.3) is 0 Å². The van der Waals surface area contributed by atoms with Gasteiger partial charge < -0.3 is 5.32 Å². The quantitative estimate of drug-likeness (QED) is 0.759. The molecule has 3 aromatic rings. The number of likely N-dealkylation sites (tertiary alicyclic amines) is 1. The second kappa shape index (κ2) is 7.84. The van der Waals surface area contributed by atoms with Gasteiger partial charge in [0.2, 0.25) is 5.91 Å². The summed E-state index contributed by atoms with van der Waals surface area (Å²) in [6.07, 6.45) is 5.54. The lowest BCUT2D eigenvalue weighted by Crippen LogP contribution is -2.24. The van der Waals surface area contributed by atoms with Crippen molar-refractivity contribution < 1.29 is 4.79 Å². The minimum absolute atomic E-state index is 0.129. The number of fused-ring (bicyclic) bond motifs is 1. The summed E-state index contributed by atoms with van der Waals surface area (Å²) in [4.78, 5) is 23.2. The van der Waals surface area contributed by atoms with Gasteiger partial charge in [-0.25, -0.2) is 9.97 Å². The Morgan fingerprint density at radius 1 is 1.15 bits per heavy atom. The van der Waals surface area contributed by atoms with Gasteiger partial charge >= 0.3 is 0 Å². The van der Waals surface area contributed by atoms with Crippen LogP contribution in [0.2, 0.25) is 0 Å². The fourth-order valence-corrected chi connectivity index (χ4v) is 3.84. The maximum Gasteiger partial charge on any atom is 0.220 e. The molecule has 0 spiro atoms. The molecule has 1 unspecified atom stereocenters. The maximum absolute atomic E-state index is 11.5. The Morgan fingerprint density at radius 3 is 2.74 bits per heavy atom. The van der Waals surface area contributed by atoms with Crippen molar-refractivity contribution in [3.63, 3.8) is 0 Å². The van der Waals surface area contributed by atoms with Crippen LogP contribution in [0.5, 0.6) is 0 Å². The summed E-state index contributed by atoms with van der Waals surface area (Å²) in [5, 5.41) is 5.08. The van der Waals surface area contributed by atoms with E-state index in [2.05, 4.69) is 44.5 Å². The van der Waals surface area contributed by atoms with E-state index in [-0.39, 0.29) is 5.91 Å². The Balaban J connectivity index is 1.45. The first-order valence-corrected chi connectivity index (χ1v) is 9.45. The summed E-state index contributed by atoms with van der Waals surface area (Å²) in [6.45, 7) is 2.81. The van der Waals surface area contributed by atoms with Crippen LogP contribution < -0.4 is 5.32 Å². The Morgan fingerprint density at radius 2 is 1.93 bits per heavy atom. The molecule has 27 heavy (non-hydrogen) atoms.